The SMILES string of the molecule is O=C(Cc1ccn2c1CSC2c1cccnc1)Nc1ccccn1. The average molecular weight is 336 g/mol. The van der Waals surface area contributed by atoms with Crippen LogP contribution in [0.5, 0.6) is 0 Å². The van der Waals surface area contributed by atoms with E-state index in [-0.39, 0.29) is 11.3 Å². The van der Waals surface area contributed by atoms with Crippen molar-refractivity contribution in [1.82, 2.24) is 14.5 Å². The molecule has 4 rings (SSSR count). The van der Waals surface area contributed by atoms with Crippen molar-refractivity contribution in [2.24, 2.45) is 0 Å². The lowest BCUT2D eigenvalue weighted by molar-refractivity contribution is -0.115. The van der Waals surface area contributed by atoms with Crippen LogP contribution in [0.2, 0.25) is 0 Å². The molecule has 3 aromatic rings. The van der Waals surface area contributed by atoms with E-state index in [9.17, 15) is 4.79 Å². The van der Waals surface area contributed by atoms with Crippen molar-refractivity contribution in [1.29, 1.82) is 0 Å². The van der Waals surface area contributed by atoms with E-state index in [1.807, 2.05) is 42.2 Å². The fourth-order valence-electron chi connectivity index (χ4n) is 2.88. The zero-order chi connectivity index (χ0) is 16.4. The molecule has 0 saturated carbocycles. The number of aromatic nitrogens is 3. The molecule has 1 atom stereocenters. The van der Waals surface area contributed by atoms with Gasteiger partial charge in [0.2, 0.25) is 5.91 Å². The van der Waals surface area contributed by atoms with Crippen LogP contribution >= 0.6 is 11.8 Å². The number of thioether (sulfide) groups is 1. The Morgan fingerprint density at radius 1 is 1.25 bits per heavy atom. The number of amides is 1. The van der Waals surface area contributed by atoms with Crippen molar-refractivity contribution in [3.05, 3.63) is 78.0 Å². The second kappa shape index (κ2) is 6.49. The van der Waals surface area contributed by atoms with E-state index >= 15 is 0 Å². The summed E-state index contributed by atoms with van der Waals surface area (Å²) in [7, 11) is 0. The Hall–Kier alpha value is -2.60. The average Bonchev–Trinajstić information content (AvgIpc) is 3.20. The summed E-state index contributed by atoms with van der Waals surface area (Å²) < 4.78 is 2.24. The van der Waals surface area contributed by atoms with Crippen molar-refractivity contribution in [3.63, 3.8) is 0 Å². The van der Waals surface area contributed by atoms with Crippen LogP contribution in [0.1, 0.15) is 22.2 Å². The van der Waals surface area contributed by atoms with Crippen LogP contribution in [0.15, 0.2) is 61.2 Å². The molecular formula is C18H16N4OS. The van der Waals surface area contributed by atoms with Gasteiger partial charge in [-0.1, -0.05) is 12.1 Å². The van der Waals surface area contributed by atoms with Crippen molar-refractivity contribution in [3.8, 4) is 0 Å². The number of anilines is 1. The molecule has 3 aromatic heterocycles. The predicted molar refractivity (Wildman–Crippen MR) is 94.7 cm³/mol. The molecule has 0 spiro atoms. The molecule has 0 saturated heterocycles. The van der Waals surface area contributed by atoms with Crippen LogP contribution in [-0.4, -0.2) is 20.4 Å². The molecule has 24 heavy (non-hydrogen) atoms. The van der Waals surface area contributed by atoms with Crippen LogP contribution in [0.3, 0.4) is 0 Å². The zero-order valence-corrected chi connectivity index (χ0v) is 13.7. The number of rotatable bonds is 4. The topological polar surface area (TPSA) is 59.8 Å². The van der Waals surface area contributed by atoms with E-state index < -0.39 is 0 Å². The monoisotopic (exact) mass is 336 g/mol. The number of nitrogens with zero attached hydrogens (tertiary/aromatic N) is 3. The first-order chi connectivity index (χ1) is 11.8. The number of nitrogens with one attached hydrogen (secondary N) is 1. The Balaban J connectivity index is 1.50. The molecule has 6 heteroatoms. The minimum absolute atomic E-state index is 0.0440. The van der Waals surface area contributed by atoms with Gasteiger partial charge in [-0.3, -0.25) is 9.78 Å². The highest BCUT2D eigenvalue weighted by Gasteiger charge is 2.26. The van der Waals surface area contributed by atoms with Gasteiger partial charge in [-0.15, -0.1) is 11.8 Å². The first-order valence-electron chi connectivity index (χ1n) is 7.72. The first kappa shape index (κ1) is 15.0. The Labute approximate surface area is 144 Å². The summed E-state index contributed by atoms with van der Waals surface area (Å²) in [6.45, 7) is 0. The number of fused-ring (bicyclic) bond motifs is 1. The molecule has 0 radical (unpaired) electrons. The molecule has 1 aliphatic heterocycles. The maximum atomic E-state index is 12.3. The van der Waals surface area contributed by atoms with E-state index in [4.69, 9.17) is 0 Å². The van der Waals surface area contributed by atoms with Crippen molar-refractivity contribution in [2.75, 3.05) is 5.32 Å². The number of carbonyl (C=O) groups is 1. The maximum Gasteiger partial charge on any atom is 0.230 e. The number of hydrogen-bond acceptors (Lipinski definition) is 4. The van der Waals surface area contributed by atoms with Gasteiger partial charge in [-0.05, 0) is 29.8 Å². The van der Waals surface area contributed by atoms with Crippen molar-refractivity contribution in [2.45, 2.75) is 17.5 Å². The van der Waals surface area contributed by atoms with Gasteiger partial charge in [0, 0.05) is 41.8 Å². The van der Waals surface area contributed by atoms with Crippen LogP contribution in [0.4, 0.5) is 5.82 Å². The second-order valence-electron chi connectivity index (χ2n) is 5.58. The maximum absolute atomic E-state index is 12.3. The predicted octanol–water partition coefficient (Wildman–Crippen LogP) is 3.25. The lowest BCUT2D eigenvalue weighted by Gasteiger charge is -2.12. The summed E-state index contributed by atoms with van der Waals surface area (Å²) in [6.07, 6.45) is 7.78. The van der Waals surface area contributed by atoms with Gasteiger partial charge in [-0.2, -0.15) is 0 Å². The number of carbonyl (C=O) groups excluding carboxylic acids is 1. The lowest BCUT2D eigenvalue weighted by Crippen LogP contribution is -2.15. The number of pyridine rings is 2. The highest BCUT2D eigenvalue weighted by atomic mass is 32.2. The van der Waals surface area contributed by atoms with E-state index in [0.717, 1.165) is 11.3 Å². The molecule has 1 amide bonds. The van der Waals surface area contributed by atoms with Gasteiger partial charge < -0.3 is 9.88 Å². The first-order valence-corrected chi connectivity index (χ1v) is 8.77. The smallest absolute Gasteiger partial charge is 0.230 e. The van der Waals surface area contributed by atoms with Crippen LogP contribution in [0.25, 0.3) is 0 Å². The van der Waals surface area contributed by atoms with E-state index in [0.29, 0.717) is 12.2 Å². The number of hydrogen-bond donors (Lipinski definition) is 1. The molecule has 4 heterocycles. The molecule has 1 N–H and O–H groups in total. The molecule has 1 unspecified atom stereocenters. The summed E-state index contributed by atoms with van der Waals surface area (Å²) in [4.78, 5) is 20.6. The molecule has 0 fully saturated rings. The Kier molecular flexibility index (Phi) is 4.04. The molecule has 1 aliphatic rings. The van der Waals surface area contributed by atoms with Gasteiger partial charge in [0.15, 0.2) is 0 Å². The lowest BCUT2D eigenvalue weighted by atomic mass is 10.2. The summed E-state index contributed by atoms with van der Waals surface area (Å²) in [5.74, 6) is 1.44. The van der Waals surface area contributed by atoms with Gasteiger partial charge in [0.1, 0.15) is 11.2 Å². The second-order valence-corrected chi connectivity index (χ2v) is 6.65. The van der Waals surface area contributed by atoms with Gasteiger partial charge in [0.05, 0.1) is 6.42 Å². The minimum atomic E-state index is -0.0440. The molecule has 0 bridgehead atoms. The molecule has 120 valence electrons. The third-order valence-electron chi connectivity index (χ3n) is 4.00. The molecule has 0 aliphatic carbocycles. The van der Waals surface area contributed by atoms with Crippen molar-refractivity contribution < 1.29 is 4.79 Å². The van der Waals surface area contributed by atoms with Crippen molar-refractivity contribution >= 4 is 23.5 Å². The Morgan fingerprint density at radius 3 is 3.00 bits per heavy atom. The summed E-state index contributed by atoms with van der Waals surface area (Å²) in [6, 6.07) is 11.6. The zero-order valence-electron chi connectivity index (χ0n) is 12.9. The largest absolute Gasteiger partial charge is 0.334 e. The molecular weight excluding hydrogens is 320 g/mol. The molecule has 0 aromatic carbocycles. The van der Waals surface area contributed by atoms with E-state index in [2.05, 4.69) is 32.1 Å². The third kappa shape index (κ3) is 2.92. The van der Waals surface area contributed by atoms with Gasteiger partial charge in [-0.25, -0.2) is 4.98 Å². The minimum Gasteiger partial charge on any atom is -0.334 e. The van der Waals surface area contributed by atoms with Gasteiger partial charge in [0.25, 0.3) is 0 Å². The van der Waals surface area contributed by atoms with Gasteiger partial charge >= 0.3 is 0 Å². The fraction of sp³-hybridized carbons (Fsp3) is 0.167. The van der Waals surface area contributed by atoms with Crippen LogP contribution in [-0.2, 0) is 17.0 Å². The van der Waals surface area contributed by atoms with E-state index in [1.165, 1.54) is 11.3 Å². The third-order valence-corrected chi connectivity index (χ3v) is 5.26. The van der Waals surface area contributed by atoms with Crippen LogP contribution < -0.4 is 5.32 Å². The standard InChI is InChI=1S/C18H16N4OS/c23-17(21-16-5-1-2-8-20-16)10-13-6-9-22-15(13)12-24-18(22)14-4-3-7-19-11-14/h1-9,11,18H,10,12H2,(H,20,21,23). The summed E-state index contributed by atoms with van der Waals surface area (Å²) in [5, 5.41) is 3.08. The van der Waals surface area contributed by atoms with E-state index in [1.54, 1.807) is 18.5 Å². The van der Waals surface area contributed by atoms with Crippen LogP contribution in [0, 0.1) is 0 Å². The highest BCUT2D eigenvalue weighted by molar-refractivity contribution is 7.99. The molecule has 5 nitrogen and oxygen atoms in total. The summed E-state index contributed by atoms with van der Waals surface area (Å²) in [5.41, 5.74) is 3.47. The fourth-order valence-corrected chi connectivity index (χ4v) is 4.22. The highest BCUT2D eigenvalue weighted by Crippen LogP contribution is 2.41. The Bertz CT molecular complexity index is 848. The summed E-state index contributed by atoms with van der Waals surface area (Å²) >= 11 is 1.86. The Morgan fingerprint density at radius 2 is 2.21 bits per heavy atom. The normalized spacial score (nSPS) is 15.9. The quantitative estimate of drug-likeness (QED) is 0.794.